The lowest BCUT2D eigenvalue weighted by Crippen LogP contribution is -2.11. The van der Waals surface area contributed by atoms with Crippen LogP contribution in [0.15, 0.2) is 0 Å². The van der Waals surface area contributed by atoms with Gasteiger partial charge in [-0.2, -0.15) is 0 Å². The fraction of sp³-hybridized carbons (Fsp3) is 1.00. The fourth-order valence-corrected chi connectivity index (χ4v) is 1.22. The van der Waals surface area contributed by atoms with E-state index in [-0.39, 0.29) is 6.79 Å². The summed E-state index contributed by atoms with van der Waals surface area (Å²) < 4.78 is 5.23. The smallest absolute Gasteiger partial charge is 0.180 e. The predicted molar refractivity (Wildman–Crippen MR) is 53.4 cm³/mol. The van der Waals surface area contributed by atoms with Crippen LogP contribution in [-0.4, -0.2) is 25.3 Å². The molecule has 1 N–H and O–H groups in total. The minimum atomic E-state index is -0.434. The van der Waals surface area contributed by atoms with E-state index in [0.29, 0.717) is 12.5 Å². The number of rotatable bonds is 10. The molecule has 0 radical (unpaired) electrons. The summed E-state index contributed by atoms with van der Waals surface area (Å²) in [5.74, 6) is 0.604. The topological polar surface area (TPSA) is 47.9 Å². The van der Waals surface area contributed by atoms with E-state index in [1.165, 1.54) is 19.3 Å². The zero-order valence-corrected chi connectivity index (χ0v) is 9.20. The summed E-state index contributed by atoms with van der Waals surface area (Å²) in [7, 11) is 0. The molecule has 1 atom stereocenters. The number of unbranched alkanes of at least 4 members (excludes halogenated alkanes) is 1. The van der Waals surface area contributed by atoms with Crippen molar-refractivity contribution in [2.75, 3.05) is 20.2 Å². The Morgan fingerprint density at radius 3 is 2.57 bits per heavy atom. The van der Waals surface area contributed by atoms with Crippen molar-refractivity contribution in [3.05, 3.63) is 0 Å². The zero-order chi connectivity index (χ0) is 10.6. The van der Waals surface area contributed by atoms with Gasteiger partial charge in [-0.25, -0.2) is 9.78 Å². The minimum absolute atomic E-state index is 0.0865. The highest BCUT2D eigenvalue weighted by molar-refractivity contribution is 4.54. The molecule has 0 spiro atoms. The van der Waals surface area contributed by atoms with E-state index in [4.69, 9.17) is 9.84 Å². The summed E-state index contributed by atoms with van der Waals surface area (Å²) in [4.78, 5) is 8.77. The van der Waals surface area contributed by atoms with E-state index < -0.39 is 6.79 Å². The Labute approximate surface area is 86.1 Å². The van der Waals surface area contributed by atoms with Crippen molar-refractivity contribution in [1.29, 1.82) is 0 Å². The first-order valence-electron chi connectivity index (χ1n) is 5.28. The van der Waals surface area contributed by atoms with E-state index in [2.05, 4.69) is 23.6 Å². The zero-order valence-electron chi connectivity index (χ0n) is 9.20. The van der Waals surface area contributed by atoms with Gasteiger partial charge < -0.3 is 9.84 Å². The van der Waals surface area contributed by atoms with Crippen molar-refractivity contribution in [3.63, 3.8) is 0 Å². The third kappa shape index (κ3) is 8.44. The summed E-state index contributed by atoms with van der Waals surface area (Å²) in [6.07, 6.45) is 4.80. The molecule has 4 heteroatoms. The van der Waals surface area contributed by atoms with Gasteiger partial charge in [-0.3, -0.25) is 0 Å². The van der Waals surface area contributed by atoms with Crippen molar-refractivity contribution in [3.8, 4) is 0 Å². The number of ether oxygens (including phenoxy) is 1. The molecule has 0 rings (SSSR count). The maximum atomic E-state index is 8.23. The molecule has 0 saturated heterocycles. The lowest BCUT2D eigenvalue weighted by atomic mass is 10.0. The number of hydrogen-bond acceptors (Lipinski definition) is 4. The molecule has 14 heavy (non-hydrogen) atoms. The SMILES string of the molecule is CCCCC(CC)COCOOCO. The third-order valence-electron chi connectivity index (χ3n) is 2.16. The molecule has 86 valence electrons. The first-order valence-corrected chi connectivity index (χ1v) is 5.28. The van der Waals surface area contributed by atoms with E-state index in [0.717, 1.165) is 6.42 Å². The normalized spacial score (nSPS) is 13.1. The number of aliphatic hydroxyl groups is 1. The monoisotopic (exact) mass is 206 g/mol. The third-order valence-corrected chi connectivity index (χ3v) is 2.16. The van der Waals surface area contributed by atoms with Crippen LogP contribution in [0.25, 0.3) is 0 Å². The molecule has 0 fully saturated rings. The molecule has 0 aromatic rings. The lowest BCUT2D eigenvalue weighted by molar-refractivity contribution is -0.363. The summed E-state index contributed by atoms with van der Waals surface area (Å²) in [5.41, 5.74) is 0. The van der Waals surface area contributed by atoms with Gasteiger partial charge in [-0.1, -0.05) is 33.1 Å². The first kappa shape index (κ1) is 13.8. The molecular formula is C10H22O4. The summed E-state index contributed by atoms with van der Waals surface area (Å²) in [6, 6.07) is 0. The quantitative estimate of drug-likeness (QED) is 0.257. The Kier molecular flexibility index (Phi) is 10.8. The maximum Gasteiger partial charge on any atom is 0.180 e. The van der Waals surface area contributed by atoms with Gasteiger partial charge in [0.25, 0.3) is 0 Å². The Morgan fingerprint density at radius 1 is 1.21 bits per heavy atom. The average Bonchev–Trinajstić information content (AvgIpc) is 2.22. The van der Waals surface area contributed by atoms with E-state index >= 15 is 0 Å². The van der Waals surface area contributed by atoms with Crippen LogP contribution in [0.2, 0.25) is 0 Å². The van der Waals surface area contributed by atoms with E-state index in [1.54, 1.807) is 0 Å². The molecule has 0 aliphatic heterocycles. The number of aliphatic hydroxyl groups excluding tert-OH is 1. The fourth-order valence-electron chi connectivity index (χ4n) is 1.22. The number of hydrogen-bond donors (Lipinski definition) is 1. The Hall–Kier alpha value is -0.160. The van der Waals surface area contributed by atoms with E-state index in [1.807, 2.05) is 0 Å². The van der Waals surface area contributed by atoms with Gasteiger partial charge in [0.05, 0.1) is 6.61 Å². The standard InChI is InChI=1S/C10H22O4/c1-3-5-6-10(4-2)7-12-9-14-13-8-11/h10-11H,3-9H2,1-2H3. The molecule has 0 bridgehead atoms. The van der Waals surface area contributed by atoms with Gasteiger partial charge >= 0.3 is 0 Å². The molecule has 0 aliphatic carbocycles. The molecule has 0 heterocycles. The first-order chi connectivity index (χ1) is 6.85. The Balaban J connectivity index is 3.24. The van der Waals surface area contributed by atoms with Gasteiger partial charge in [0, 0.05) is 0 Å². The van der Waals surface area contributed by atoms with Crippen LogP contribution >= 0.6 is 0 Å². The molecule has 1 unspecified atom stereocenters. The van der Waals surface area contributed by atoms with Gasteiger partial charge in [0.15, 0.2) is 13.6 Å². The van der Waals surface area contributed by atoms with Crippen LogP contribution in [0.4, 0.5) is 0 Å². The van der Waals surface area contributed by atoms with Crippen molar-refractivity contribution < 1.29 is 19.6 Å². The van der Waals surface area contributed by atoms with Crippen molar-refractivity contribution in [1.82, 2.24) is 0 Å². The van der Waals surface area contributed by atoms with Crippen molar-refractivity contribution >= 4 is 0 Å². The lowest BCUT2D eigenvalue weighted by Gasteiger charge is -2.13. The van der Waals surface area contributed by atoms with Crippen molar-refractivity contribution in [2.45, 2.75) is 39.5 Å². The maximum absolute atomic E-state index is 8.23. The molecule has 0 aromatic heterocycles. The second-order valence-corrected chi connectivity index (χ2v) is 3.27. The summed E-state index contributed by atoms with van der Waals surface area (Å²) in [6.45, 7) is 4.70. The predicted octanol–water partition coefficient (Wildman–Crippen LogP) is 2.07. The highest BCUT2D eigenvalue weighted by Gasteiger charge is 2.05. The van der Waals surface area contributed by atoms with Crippen molar-refractivity contribution in [2.24, 2.45) is 5.92 Å². The Morgan fingerprint density at radius 2 is 2.00 bits per heavy atom. The van der Waals surface area contributed by atoms with Crippen LogP contribution in [-0.2, 0) is 14.5 Å². The molecule has 0 aliphatic rings. The largest absolute Gasteiger partial charge is 0.368 e. The highest BCUT2D eigenvalue weighted by atomic mass is 17.2. The van der Waals surface area contributed by atoms with Crippen LogP contribution in [0.5, 0.6) is 0 Å². The highest BCUT2D eigenvalue weighted by Crippen LogP contribution is 2.12. The Bertz CT molecular complexity index is 108. The van der Waals surface area contributed by atoms with Gasteiger partial charge in [-0.15, -0.1) is 0 Å². The molecule has 0 saturated carbocycles. The molecular weight excluding hydrogens is 184 g/mol. The van der Waals surface area contributed by atoms with Gasteiger partial charge in [0.1, 0.15) is 0 Å². The van der Waals surface area contributed by atoms with E-state index in [9.17, 15) is 0 Å². The second kappa shape index (κ2) is 10.9. The summed E-state index contributed by atoms with van der Waals surface area (Å²) >= 11 is 0. The second-order valence-electron chi connectivity index (χ2n) is 3.27. The van der Waals surface area contributed by atoms with Crippen LogP contribution < -0.4 is 0 Å². The van der Waals surface area contributed by atoms with Gasteiger partial charge in [0.2, 0.25) is 0 Å². The van der Waals surface area contributed by atoms with Gasteiger partial charge in [-0.05, 0) is 12.3 Å². The van der Waals surface area contributed by atoms with Crippen LogP contribution in [0, 0.1) is 5.92 Å². The summed E-state index contributed by atoms with van der Waals surface area (Å²) in [5, 5.41) is 8.23. The average molecular weight is 206 g/mol. The molecule has 0 aromatic carbocycles. The van der Waals surface area contributed by atoms with Crippen LogP contribution in [0.3, 0.4) is 0 Å². The van der Waals surface area contributed by atoms with Crippen LogP contribution in [0.1, 0.15) is 39.5 Å². The minimum Gasteiger partial charge on any atom is -0.368 e. The molecule has 0 amide bonds. The molecule has 4 nitrogen and oxygen atoms in total.